The molecule has 98 valence electrons. The van der Waals surface area contributed by atoms with Crippen molar-refractivity contribution in [3.05, 3.63) is 28.8 Å². The molecule has 0 bridgehead atoms. The molecule has 2 rings (SSSR count). The molecule has 18 heavy (non-hydrogen) atoms. The highest BCUT2D eigenvalue weighted by Crippen LogP contribution is 2.26. The Bertz CT molecular complexity index is 433. The molecule has 1 heterocycles. The third-order valence-corrected chi connectivity index (χ3v) is 4.25. The van der Waals surface area contributed by atoms with Gasteiger partial charge in [-0.2, -0.15) is 11.8 Å². The third kappa shape index (κ3) is 3.33. The summed E-state index contributed by atoms with van der Waals surface area (Å²) in [6.07, 6.45) is 2.22. The van der Waals surface area contributed by atoms with E-state index < -0.39 is 0 Å². The first kappa shape index (κ1) is 13.6. The quantitative estimate of drug-likeness (QED) is 0.864. The van der Waals surface area contributed by atoms with Gasteiger partial charge in [-0.3, -0.25) is 0 Å². The van der Waals surface area contributed by atoms with E-state index >= 15 is 0 Å². The molecule has 0 aromatic heterocycles. The van der Waals surface area contributed by atoms with Crippen molar-refractivity contribution in [2.75, 3.05) is 23.9 Å². The molecular weight excluding hydrogens is 270 g/mol. The highest BCUT2D eigenvalue weighted by atomic mass is 35.5. The molecular formula is C13H16ClNO2S. The van der Waals surface area contributed by atoms with Crippen molar-refractivity contribution in [3.63, 3.8) is 0 Å². The molecule has 0 amide bonds. The first-order valence-electron chi connectivity index (χ1n) is 5.93. The van der Waals surface area contributed by atoms with E-state index in [1.807, 2.05) is 11.8 Å². The van der Waals surface area contributed by atoms with Gasteiger partial charge in [-0.05, 0) is 42.5 Å². The van der Waals surface area contributed by atoms with E-state index in [9.17, 15) is 4.79 Å². The average molecular weight is 286 g/mol. The van der Waals surface area contributed by atoms with Crippen molar-refractivity contribution in [3.8, 4) is 0 Å². The summed E-state index contributed by atoms with van der Waals surface area (Å²) in [5, 5.41) is 4.03. The highest BCUT2D eigenvalue weighted by Gasteiger charge is 2.18. The number of hydrogen-bond acceptors (Lipinski definition) is 4. The topological polar surface area (TPSA) is 38.3 Å². The summed E-state index contributed by atoms with van der Waals surface area (Å²) in [6, 6.07) is 5.60. The van der Waals surface area contributed by atoms with Crippen LogP contribution in [0.15, 0.2) is 18.2 Å². The minimum Gasteiger partial charge on any atom is -0.465 e. The van der Waals surface area contributed by atoms with Gasteiger partial charge in [0.15, 0.2) is 0 Å². The Morgan fingerprint density at radius 2 is 2.17 bits per heavy atom. The molecule has 0 radical (unpaired) electrons. The zero-order chi connectivity index (χ0) is 13.0. The van der Waals surface area contributed by atoms with E-state index in [1.165, 1.54) is 7.11 Å². The van der Waals surface area contributed by atoms with Crippen LogP contribution in [0, 0.1) is 0 Å². The van der Waals surface area contributed by atoms with Crippen molar-refractivity contribution in [1.82, 2.24) is 0 Å². The number of ether oxygens (including phenoxy) is 1. The zero-order valence-electron chi connectivity index (χ0n) is 10.2. The predicted octanol–water partition coefficient (Wildman–Crippen LogP) is 3.43. The lowest BCUT2D eigenvalue weighted by atomic mass is 10.1. The molecule has 0 saturated carbocycles. The molecule has 0 unspecified atom stereocenters. The molecule has 1 saturated heterocycles. The van der Waals surface area contributed by atoms with Crippen LogP contribution >= 0.6 is 23.4 Å². The van der Waals surface area contributed by atoms with Crippen LogP contribution in [0.5, 0.6) is 0 Å². The number of nitrogens with one attached hydrogen (secondary N) is 1. The van der Waals surface area contributed by atoms with Crippen molar-refractivity contribution in [2.45, 2.75) is 18.9 Å². The van der Waals surface area contributed by atoms with Gasteiger partial charge < -0.3 is 10.1 Å². The minimum atomic E-state index is -0.334. The third-order valence-electron chi connectivity index (χ3n) is 2.97. The second-order valence-electron chi connectivity index (χ2n) is 4.21. The maximum atomic E-state index is 11.7. The fraction of sp³-hybridized carbons (Fsp3) is 0.462. The number of thioether (sulfide) groups is 1. The minimum absolute atomic E-state index is 0.334. The van der Waals surface area contributed by atoms with Gasteiger partial charge in [0.25, 0.3) is 0 Å². The summed E-state index contributed by atoms with van der Waals surface area (Å²) in [7, 11) is 1.39. The maximum Gasteiger partial charge on any atom is 0.339 e. The van der Waals surface area contributed by atoms with Crippen LogP contribution in [-0.4, -0.2) is 30.6 Å². The summed E-state index contributed by atoms with van der Waals surface area (Å²) in [6.45, 7) is 0. The second kappa shape index (κ2) is 6.34. The highest BCUT2D eigenvalue weighted by molar-refractivity contribution is 7.99. The lowest BCUT2D eigenvalue weighted by Crippen LogP contribution is -2.25. The predicted molar refractivity (Wildman–Crippen MR) is 76.8 cm³/mol. The molecule has 1 N–H and O–H groups in total. The molecule has 5 heteroatoms. The fourth-order valence-electron chi connectivity index (χ4n) is 1.99. The van der Waals surface area contributed by atoms with Gasteiger partial charge in [0.05, 0.1) is 18.4 Å². The Kier molecular flexibility index (Phi) is 4.78. The molecule has 1 fully saturated rings. The van der Waals surface area contributed by atoms with Gasteiger partial charge in [-0.25, -0.2) is 4.79 Å². The van der Waals surface area contributed by atoms with E-state index in [-0.39, 0.29) is 5.97 Å². The number of carbonyl (C=O) groups excluding carboxylic acids is 1. The molecule has 3 nitrogen and oxygen atoms in total. The van der Waals surface area contributed by atoms with Crippen molar-refractivity contribution in [1.29, 1.82) is 0 Å². The van der Waals surface area contributed by atoms with Crippen molar-refractivity contribution < 1.29 is 9.53 Å². The Morgan fingerprint density at radius 1 is 1.44 bits per heavy atom. The van der Waals surface area contributed by atoms with Gasteiger partial charge in [0.1, 0.15) is 0 Å². The van der Waals surface area contributed by atoms with Crippen molar-refractivity contribution in [2.24, 2.45) is 0 Å². The van der Waals surface area contributed by atoms with Crippen LogP contribution in [0.25, 0.3) is 0 Å². The summed E-state index contributed by atoms with van der Waals surface area (Å²) in [4.78, 5) is 11.7. The fourth-order valence-corrected chi connectivity index (χ4v) is 3.26. The van der Waals surface area contributed by atoms with E-state index in [1.54, 1.807) is 18.2 Å². The molecule has 1 aliphatic heterocycles. The number of benzene rings is 1. The molecule has 0 spiro atoms. The first-order chi connectivity index (χ1) is 8.70. The Hall–Kier alpha value is -0.870. The number of carbonyl (C=O) groups is 1. The van der Waals surface area contributed by atoms with Crippen molar-refractivity contribution >= 4 is 35.0 Å². The molecule has 1 aromatic carbocycles. The standard InChI is InChI=1S/C13H16ClNO2S/c1-17-13(16)11-3-2-9(14)8-12(11)15-10-4-6-18-7-5-10/h2-3,8,10,15H,4-7H2,1H3. The van der Waals surface area contributed by atoms with Crippen LogP contribution in [0.3, 0.4) is 0 Å². The lowest BCUT2D eigenvalue weighted by molar-refractivity contribution is 0.0602. The number of halogens is 1. The number of methoxy groups -OCH3 is 1. The monoisotopic (exact) mass is 285 g/mol. The first-order valence-corrected chi connectivity index (χ1v) is 7.46. The second-order valence-corrected chi connectivity index (χ2v) is 5.87. The van der Waals surface area contributed by atoms with E-state index in [4.69, 9.17) is 16.3 Å². The molecule has 1 aliphatic rings. The Balaban J connectivity index is 2.18. The van der Waals surface area contributed by atoms with Crippen LogP contribution in [0.1, 0.15) is 23.2 Å². The van der Waals surface area contributed by atoms with Gasteiger partial charge in [0.2, 0.25) is 0 Å². The van der Waals surface area contributed by atoms with Gasteiger partial charge >= 0.3 is 5.97 Å². The Labute approximate surface area is 116 Å². The molecule has 0 atom stereocenters. The number of esters is 1. The van der Waals surface area contributed by atoms with Crippen LogP contribution in [0.2, 0.25) is 5.02 Å². The summed E-state index contributed by atoms with van der Waals surface area (Å²) < 4.78 is 4.78. The largest absolute Gasteiger partial charge is 0.465 e. The van der Waals surface area contributed by atoms with Crippen LogP contribution in [-0.2, 0) is 4.74 Å². The van der Waals surface area contributed by atoms with Gasteiger partial charge in [0, 0.05) is 11.1 Å². The van der Waals surface area contributed by atoms with Crippen LogP contribution in [0.4, 0.5) is 5.69 Å². The number of rotatable bonds is 3. The SMILES string of the molecule is COC(=O)c1ccc(Cl)cc1NC1CCSCC1. The lowest BCUT2D eigenvalue weighted by Gasteiger charge is -2.24. The maximum absolute atomic E-state index is 11.7. The molecule has 0 aliphatic carbocycles. The number of anilines is 1. The summed E-state index contributed by atoms with van der Waals surface area (Å²) in [5.74, 6) is 1.98. The molecule has 1 aromatic rings. The summed E-state index contributed by atoms with van der Waals surface area (Å²) >= 11 is 7.96. The van der Waals surface area contributed by atoms with E-state index in [0.29, 0.717) is 16.6 Å². The smallest absolute Gasteiger partial charge is 0.339 e. The average Bonchev–Trinajstić information content (AvgIpc) is 2.39. The van der Waals surface area contributed by atoms with E-state index in [0.717, 1.165) is 30.0 Å². The van der Waals surface area contributed by atoms with Gasteiger partial charge in [-0.1, -0.05) is 11.6 Å². The number of hydrogen-bond donors (Lipinski definition) is 1. The van der Waals surface area contributed by atoms with Crippen LogP contribution < -0.4 is 5.32 Å². The summed E-state index contributed by atoms with van der Waals surface area (Å²) in [5.41, 5.74) is 1.31. The van der Waals surface area contributed by atoms with E-state index in [2.05, 4.69) is 5.32 Å². The normalized spacial score (nSPS) is 16.3. The zero-order valence-corrected chi connectivity index (χ0v) is 11.8. The van der Waals surface area contributed by atoms with Gasteiger partial charge in [-0.15, -0.1) is 0 Å². The Morgan fingerprint density at radius 3 is 2.83 bits per heavy atom.